The van der Waals surface area contributed by atoms with E-state index in [-0.39, 0.29) is 10.8 Å². The van der Waals surface area contributed by atoms with Gasteiger partial charge in [-0.05, 0) is 92.7 Å². The number of aryl methyl sites for hydroxylation is 1. The molecule has 5 nitrogen and oxygen atoms in total. The maximum Gasteiger partial charge on any atom is 0.251 e. The van der Waals surface area contributed by atoms with Crippen molar-refractivity contribution in [2.24, 2.45) is 23.2 Å². The molecule has 4 fully saturated rings. The summed E-state index contributed by atoms with van der Waals surface area (Å²) in [5, 5.41) is 3.07. The minimum Gasteiger partial charge on any atom is -0.352 e. The molecule has 2 N–H and O–H groups in total. The molecule has 0 aromatic heterocycles. The van der Waals surface area contributed by atoms with E-state index >= 15 is 0 Å². The molecule has 0 radical (unpaired) electrons. The Bertz CT molecular complexity index is 827. The zero-order valence-electron chi connectivity index (χ0n) is 17.0. The van der Waals surface area contributed by atoms with Gasteiger partial charge in [0.1, 0.15) is 0 Å². The standard InChI is InChI=1S/C22H32N2O3S/c1-3-24-28(26,27)19-5-4-15(2)20(11-19)21(25)23-7-6-22-12-16-8-17(13-22)10-18(9-16)14-22/h4-5,11,16-18,24H,3,6-10,12-14H2,1-2H3,(H,23,25). The zero-order chi connectivity index (χ0) is 19.9. The summed E-state index contributed by atoms with van der Waals surface area (Å²) in [5.74, 6) is 2.57. The summed E-state index contributed by atoms with van der Waals surface area (Å²) >= 11 is 0. The van der Waals surface area contributed by atoms with Crippen molar-refractivity contribution in [2.75, 3.05) is 13.1 Å². The third-order valence-electron chi connectivity index (χ3n) is 7.20. The maximum atomic E-state index is 12.8. The number of carbonyl (C=O) groups excluding carboxylic acids is 1. The van der Waals surface area contributed by atoms with Crippen molar-refractivity contribution in [3.63, 3.8) is 0 Å². The molecule has 1 amide bonds. The minimum atomic E-state index is -3.56. The van der Waals surface area contributed by atoms with Crippen LogP contribution in [0.5, 0.6) is 0 Å². The van der Waals surface area contributed by atoms with Gasteiger partial charge in [-0.1, -0.05) is 13.0 Å². The van der Waals surface area contributed by atoms with Crippen LogP contribution >= 0.6 is 0 Å². The van der Waals surface area contributed by atoms with Gasteiger partial charge in [0.25, 0.3) is 5.91 Å². The SMILES string of the molecule is CCNS(=O)(=O)c1ccc(C)c(C(=O)NCCC23CC4CC(CC(C4)C2)C3)c1. The lowest BCUT2D eigenvalue weighted by atomic mass is 9.49. The predicted molar refractivity (Wildman–Crippen MR) is 110 cm³/mol. The lowest BCUT2D eigenvalue weighted by molar-refractivity contribution is -0.0564. The average Bonchev–Trinajstić information content (AvgIpc) is 2.60. The molecule has 5 rings (SSSR count). The monoisotopic (exact) mass is 404 g/mol. The molecule has 1 aromatic carbocycles. The van der Waals surface area contributed by atoms with Crippen LogP contribution in [0.3, 0.4) is 0 Å². The Labute approximate surface area is 168 Å². The first-order valence-corrected chi connectivity index (χ1v) is 12.2. The van der Waals surface area contributed by atoms with Crippen molar-refractivity contribution in [1.29, 1.82) is 0 Å². The lowest BCUT2D eigenvalue weighted by Crippen LogP contribution is -2.47. The Morgan fingerprint density at radius 1 is 1.11 bits per heavy atom. The van der Waals surface area contributed by atoms with Gasteiger partial charge >= 0.3 is 0 Å². The van der Waals surface area contributed by atoms with E-state index in [4.69, 9.17) is 0 Å². The normalized spacial score (nSPS) is 31.1. The number of amides is 1. The number of sulfonamides is 1. The Balaban J connectivity index is 1.40. The largest absolute Gasteiger partial charge is 0.352 e. The maximum absolute atomic E-state index is 12.8. The molecule has 4 aliphatic carbocycles. The van der Waals surface area contributed by atoms with Crippen molar-refractivity contribution < 1.29 is 13.2 Å². The molecule has 0 atom stereocenters. The predicted octanol–water partition coefficient (Wildman–Crippen LogP) is 3.63. The van der Waals surface area contributed by atoms with Gasteiger partial charge in [-0.2, -0.15) is 0 Å². The number of carbonyl (C=O) groups is 1. The van der Waals surface area contributed by atoms with Crippen LogP contribution in [0, 0.1) is 30.1 Å². The zero-order valence-corrected chi connectivity index (χ0v) is 17.8. The molecule has 4 saturated carbocycles. The van der Waals surface area contributed by atoms with Gasteiger partial charge in [0, 0.05) is 18.7 Å². The van der Waals surface area contributed by atoms with Crippen LogP contribution in [0.2, 0.25) is 0 Å². The third-order valence-corrected chi connectivity index (χ3v) is 8.75. The van der Waals surface area contributed by atoms with E-state index in [2.05, 4.69) is 10.0 Å². The van der Waals surface area contributed by atoms with Crippen LogP contribution < -0.4 is 10.0 Å². The van der Waals surface area contributed by atoms with Crippen LogP contribution in [0.25, 0.3) is 0 Å². The molecule has 6 heteroatoms. The molecular weight excluding hydrogens is 372 g/mol. The molecule has 0 aliphatic heterocycles. The smallest absolute Gasteiger partial charge is 0.251 e. The lowest BCUT2D eigenvalue weighted by Gasteiger charge is -2.57. The van der Waals surface area contributed by atoms with E-state index in [1.807, 2.05) is 6.92 Å². The van der Waals surface area contributed by atoms with Gasteiger partial charge in [0.2, 0.25) is 10.0 Å². The first-order chi connectivity index (χ1) is 13.3. The topological polar surface area (TPSA) is 75.3 Å². The molecule has 0 saturated heterocycles. The molecule has 154 valence electrons. The molecule has 0 unspecified atom stereocenters. The third kappa shape index (κ3) is 3.86. The fraction of sp³-hybridized carbons (Fsp3) is 0.682. The first-order valence-electron chi connectivity index (χ1n) is 10.7. The molecule has 0 spiro atoms. The van der Waals surface area contributed by atoms with Crippen LogP contribution in [-0.2, 0) is 10.0 Å². The van der Waals surface area contributed by atoms with E-state index in [9.17, 15) is 13.2 Å². The summed E-state index contributed by atoms with van der Waals surface area (Å²) in [6, 6.07) is 4.76. The van der Waals surface area contributed by atoms with E-state index < -0.39 is 10.0 Å². The van der Waals surface area contributed by atoms with Crippen molar-refractivity contribution in [3.8, 4) is 0 Å². The fourth-order valence-electron chi connectivity index (χ4n) is 6.42. The number of benzene rings is 1. The van der Waals surface area contributed by atoms with Crippen LogP contribution in [0.4, 0.5) is 0 Å². The Kier molecular flexibility index (Phi) is 5.29. The second-order valence-corrected chi connectivity index (χ2v) is 11.2. The number of rotatable bonds is 7. The van der Waals surface area contributed by atoms with E-state index in [0.29, 0.717) is 24.1 Å². The van der Waals surface area contributed by atoms with Crippen molar-refractivity contribution in [3.05, 3.63) is 29.3 Å². The van der Waals surface area contributed by atoms with Crippen LogP contribution in [0.15, 0.2) is 23.1 Å². The van der Waals surface area contributed by atoms with Gasteiger partial charge in [-0.25, -0.2) is 13.1 Å². The van der Waals surface area contributed by atoms with Gasteiger partial charge < -0.3 is 5.32 Å². The molecule has 4 aliphatic rings. The number of nitrogens with one attached hydrogen (secondary N) is 2. The fourth-order valence-corrected chi connectivity index (χ4v) is 7.49. The first kappa shape index (κ1) is 19.9. The Morgan fingerprint density at radius 2 is 1.71 bits per heavy atom. The van der Waals surface area contributed by atoms with Gasteiger partial charge in [0.15, 0.2) is 0 Å². The van der Waals surface area contributed by atoms with E-state index in [0.717, 1.165) is 29.7 Å². The molecule has 28 heavy (non-hydrogen) atoms. The highest BCUT2D eigenvalue weighted by Gasteiger charge is 2.50. The molecule has 0 heterocycles. The van der Waals surface area contributed by atoms with Crippen molar-refractivity contribution in [1.82, 2.24) is 10.0 Å². The Hall–Kier alpha value is -1.40. The van der Waals surface area contributed by atoms with Crippen LogP contribution in [-0.4, -0.2) is 27.4 Å². The summed E-state index contributed by atoms with van der Waals surface area (Å²) in [5.41, 5.74) is 1.68. The summed E-state index contributed by atoms with van der Waals surface area (Å²) in [6.07, 6.45) is 9.35. The summed E-state index contributed by atoms with van der Waals surface area (Å²) in [4.78, 5) is 12.9. The molecule has 1 aromatic rings. The molecular formula is C22H32N2O3S. The molecule has 4 bridgehead atoms. The highest BCUT2D eigenvalue weighted by atomic mass is 32.2. The second kappa shape index (κ2) is 7.45. The Morgan fingerprint density at radius 3 is 2.29 bits per heavy atom. The summed E-state index contributed by atoms with van der Waals surface area (Å²) in [6.45, 7) is 4.58. The average molecular weight is 405 g/mol. The number of hydrogen-bond acceptors (Lipinski definition) is 3. The quantitative estimate of drug-likeness (QED) is 0.729. The van der Waals surface area contributed by atoms with Crippen LogP contribution in [0.1, 0.15) is 67.8 Å². The van der Waals surface area contributed by atoms with Crippen molar-refractivity contribution >= 4 is 15.9 Å². The minimum absolute atomic E-state index is 0.145. The highest BCUT2D eigenvalue weighted by molar-refractivity contribution is 7.89. The van der Waals surface area contributed by atoms with Gasteiger partial charge in [-0.15, -0.1) is 0 Å². The highest BCUT2D eigenvalue weighted by Crippen LogP contribution is 2.61. The van der Waals surface area contributed by atoms with Crippen molar-refractivity contribution in [2.45, 2.75) is 63.7 Å². The number of hydrogen-bond donors (Lipinski definition) is 2. The van der Waals surface area contributed by atoms with E-state index in [1.54, 1.807) is 19.1 Å². The van der Waals surface area contributed by atoms with Gasteiger partial charge in [0.05, 0.1) is 4.90 Å². The van der Waals surface area contributed by atoms with E-state index in [1.165, 1.54) is 44.6 Å². The van der Waals surface area contributed by atoms with Gasteiger partial charge in [-0.3, -0.25) is 4.79 Å². The summed E-state index contributed by atoms with van der Waals surface area (Å²) in [7, 11) is -3.56. The summed E-state index contributed by atoms with van der Waals surface area (Å²) < 4.78 is 27.0. The second-order valence-electron chi connectivity index (χ2n) is 9.40.